The summed E-state index contributed by atoms with van der Waals surface area (Å²) in [6.45, 7) is 5.15. The summed E-state index contributed by atoms with van der Waals surface area (Å²) >= 11 is 1.66. The van der Waals surface area contributed by atoms with Crippen LogP contribution in [0, 0.1) is 0 Å². The lowest BCUT2D eigenvalue weighted by molar-refractivity contribution is 0.780. The molecule has 5 nitrogen and oxygen atoms in total. The molecule has 2 unspecified atom stereocenters. The molecule has 0 bridgehead atoms. The number of rotatable bonds is 6. The SMILES string of the molecule is CN=C(NCc1csc(N(C)C)n1)NC1CC1c1ccc(C(C)C)cc1. The smallest absolute Gasteiger partial charge is 0.191 e. The molecule has 2 atom stereocenters. The molecule has 140 valence electrons. The third-order valence-electron chi connectivity index (χ3n) is 4.73. The van der Waals surface area contributed by atoms with E-state index >= 15 is 0 Å². The second-order valence-electron chi connectivity index (χ2n) is 7.36. The Morgan fingerprint density at radius 3 is 2.62 bits per heavy atom. The highest BCUT2D eigenvalue weighted by atomic mass is 32.1. The van der Waals surface area contributed by atoms with Gasteiger partial charge in [-0.05, 0) is 23.5 Å². The van der Waals surface area contributed by atoms with Crippen LogP contribution in [-0.4, -0.2) is 38.1 Å². The van der Waals surface area contributed by atoms with Crippen molar-refractivity contribution in [3.05, 3.63) is 46.5 Å². The van der Waals surface area contributed by atoms with Crippen LogP contribution in [0.4, 0.5) is 5.13 Å². The molecule has 3 rings (SSSR count). The zero-order valence-electron chi connectivity index (χ0n) is 16.3. The van der Waals surface area contributed by atoms with Crippen molar-refractivity contribution in [2.75, 3.05) is 26.0 Å². The first-order chi connectivity index (χ1) is 12.5. The van der Waals surface area contributed by atoms with Gasteiger partial charge in [0.15, 0.2) is 11.1 Å². The molecule has 1 heterocycles. The third-order valence-corrected chi connectivity index (χ3v) is 5.78. The molecule has 2 N–H and O–H groups in total. The summed E-state index contributed by atoms with van der Waals surface area (Å²) in [5.41, 5.74) is 3.85. The lowest BCUT2D eigenvalue weighted by Gasteiger charge is -2.11. The van der Waals surface area contributed by atoms with Crippen LogP contribution >= 0.6 is 11.3 Å². The summed E-state index contributed by atoms with van der Waals surface area (Å²) in [4.78, 5) is 11.0. The van der Waals surface area contributed by atoms with Gasteiger partial charge in [0.25, 0.3) is 0 Å². The number of guanidine groups is 1. The number of hydrogen-bond acceptors (Lipinski definition) is 4. The van der Waals surface area contributed by atoms with Gasteiger partial charge in [-0.25, -0.2) is 4.98 Å². The Morgan fingerprint density at radius 1 is 1.31 bits per heavy atom. The molecule has 26 heavy (non-hydrogen) atoms. The average Bonchev–Trinajstić information content (AvgIpc) is 3.22. The van der Waals surface area contributed by atoms with E-state index in [2.05, 4.69) is 64.1 Å². The fraction of sp³-hybridized carbons (Fsp3) is 0.500. The number of thiazole rings is 1. The number of aromatic nitrogens is 1. The molecular formula is C20H29N5S. The van der Waals surface area contributed by atoms with Crippen molar-refractivity contribution in [2.24, 2.45) is 4.99 Å². The monoisotopic (exact) mass is 371 g/mol. The van der Waals surface area contributed by atoms with E-state index in [1.54, 1.807) is 11.3 Å². The Kier molecular flexibility index (Phi) is 5.81. The standard InChI is InChI=1S/C20H29N5S/c1-13(2)14-6-8-15(9-7-14)17-10-18(17)24-19(21-3)22-11-16-12-26-20(23-16)25(4)5/h6-9,12-13,17-18H,10-11H2,1-5H3,(H2,21,22,24). The van der Waals surface area contributed by atoms with Gasteiger partial charge in [-0.2, -0.15) is 0 Å². The van der Waals surface area contributed by atoms with Gasteiger partial charge < -0.3 is 15.5 Å². The first-order valence-corrected chi connectivity index (χ1v) is 10.0. The fourth-order valence-electron chi connectivity index (χ4n) is 2.98. The average molecular weight is 372 g/mol. The van der Waals surface area contributed by atoms with Crippen molar-refractivity contribution in [2.45, 2.75) is 44.7 Å². The molecule has 1 aliphatic carbocycles. The highest BCUT2D eigenvalue weighted by molar-refractivity contribution is 7.13. The molecule has 6 heteroatoms. The quantitative estimate of drug-likeness (QED) is 0.602. The Bertz CT molecular complexity index is 748. The van der Waals surface area contributed by atoms with Gasteiger partial charge in [0.05, 0.1) is 12.2 Å². The van der Waals surface area contributed by atoms with E-state index < -0.39 is 0 Å². The van der Waals surface area contributed by atoms with Crippen LogP contribution < -0.4 is 15.5 Å². The molecule has 0 aliphatic heterocycles. The van der Waals surface area contributed by atoms with Crippen LogP contribution in [0.3, 0.4) is 0 Å². The number of benzene rings is 1. The summed E-state index contributed by atoms with van der Waals surface area (Å²) < 4.78 is 0. The first kappa shape index (κ1) is 18.7. The predicted octanol–water partition coefficient (Wildman–Crippen LogP) is 3.55. The van der Waals surface area contributed by atoms with Crippen LogP contribution in [0.5, 0.6) is 0 Å². The topological polar surface area (TPSA) is 52.6 Å². The van der Waals surface area contributed by atoms with Crippen molar-refractivity contribution in [3.63, 3.8) is 0 Å². The molecule has 2 aromatic rings. The van der Waals surface area contributed by atoms with Gasteiger partial charge in [0.1, 0.15) is 0 Å². The predicted molar refractivity (Wildman–Crippen MR) is 111 cm³/mol. The Hall–Kier alpha value is -2.08. The molecule has 0 amide bonds. The van der Waals surface area contributed by atoms with Crippen molar-refractivity contribution < 1.29 is 0 Å². The van der Waals surface area contributed by atoms with Crippen molar-refractivity contribution in [3.8, 4) is 0 Å². The highest BCUT2D eigenvalue weighted by Gasteiger charge is 2.38. The minimum absolute atomic E-state index is 0.457. The normalized spacial score (nSPS) is 19.5. The molecule has 1 aromatic heterocycles. The summed E-state index contributed by atoms with van der Waals surface area (Å²) in [5, 5.41) is 10.0. The zero-order chi connectivity index (χ0) is 18.7. The molecule has 0 radical (unpaired) electrons. The molecule has 0 saturated heterocycles. The number of nitrogens with zero attached hydrogens (tertiary/aromatic N) is 3. The molecule has 0 spiro atoms. The van der Waals surface area contributed by atoms with Crippen LogP contribution in [-0.2, 0) is 6.54 Å². The summed E-state index contributed by atoms with van der Waals surface area (Å²) in [5.74, 6) is 2.00. The Morgan fingerprint density at radius 2 is 2.04 bits per heavy atom. The second kappa shape index (κ2) is 8.08. The molecular weight excluding hydrogens is 342 g/mol. The van der Waals surface area contributed by atoms with Crippen molar-refractivity contribution >= 4 is 22.4 Å². The van der Waals surface area contributed by atoms with Crippen molar-refractivity contribution in [1.29, 1.82) is 0 Å². The lowest BCUT2D eigenvalue weighted by atomic mass is 10.0. The van der Waals surface area contributed by atoms with Gasteiger partial charge in [0, 0.05) is 38.5 Å². The number of nitrogens with one attached hydrogen (secondary N) is 2. The van der Waals surface area contributed by atoms with Gasteiger partial charge in [-0.3, -0.25) is 4.99 Å². The summed E-state index contributed by atoms with van der Waals surface area (Å²) in [6.07, 6.45) is 1.16. The van der Waals surface area contributed by atoms with Gasteiger partial charge in [-0.15, -0.1) is 11.3 Å². The summed E-state index contributed by atoms with van der Waals surface area (Å²) in [7, 11) is 5.84. The van der Waals surface area contributed by atoms with Gasteiger partial charge in [-0.1, -0.05) is 38.1 Å². The number of aliphatic imine (C=N–C) groups is 1. The second-order valence-corrected chi connectivity index (χ2v) is 8.19. The van der Waals surface area contributed by atoms with E-state index in [0.717, 1.165) is 23.2 Å². The van der Waals surface area contributed by atoms with E-state index in [9.17, 15) is 0 Å². The maximum absolute atomic E-state index is 4.59. The molecule has 1 saturated carbocycles. The minimum atomic E-state index is 0.457. The first-order valence-electron chi connectivity index (χ1n) is 9.16. The Balaban J connectivity index is 1.50. The molecule has 1 aliphatic rings. The molecule has 1 fully saturated rings. The van der Waals surface area contributed by atoms with E-state index in [0.29, 0.717) is 24.4 Å². The zero-order valence-corrected chi connectivity index (χ0v) is 17.1. The van der Waals surface area contributed by atoms with Gasteiger partial charge in [0.2, 0.25) is 0 Å². The largest absolute Gasteiger partial charge is 0.354 e. The molecule has 1 aromatic carbocycles. The van der Waals surface area contributed by atoms with E-state index in [1.807, 2.05) is 26.0 Å². The lowest BCUT2D eigenvalue weighted by Crippen LogP contribution is -2.38. The number of hydrogen-bond donors (Lipinski definition) is 2. The fourth-order valence-corrected chi connectivity index (χ4v) is 3.74. The maximum atomic E-state index is 4.59. The van der Waals surface area contributed by atoms with E-state index in [4.69, 9.17) is 0 Å². The minimum Gasteiger partial charge on any atom is -0.354 e. The van der Waals surface area contributed by atoms with Crippen LogP contribution in [0.15, 0.2) is 34.6 Å². The number of anilines is 1. The van der Waals surface area contributed by atoms with Crippen LogP contribution in [0.2, 0.25) is 0 Å². The maximum Gasteiger partial charge on any atom is 0.191 e. The van der Waals surface area contributed by atoms with E-state index in [-0.39, 0.29) is 0 Å². The highest BCUT2D eigenvalue weighted by Crippen LogP contribution is 2.41. The van der Waals surface area contributed by atoms with Gasteiger partial charge >= 0.3 is 0 Å². The van der Waals surface area contributed by atoms with Crippen molar-refractivity contribution in [1.82, 2.24) is 15.6 Å². The van der Waals surface area contributed by atoms with E-state index in [1.165, 1.54) is 11.1 Å². The summed E-state index contributed by atoms with van der Waals surface area (Å²) in [6, 6.07) is 9.52. The van der Waals surface area contributed by atoms with Crippen LogP contribution in [0.25, 0.3) is 0 Å². The van der Waals surface area contributed by atoms with Crippen LogP contribution in [0.1, 0.15) is 48.9 Å². The Labute approximate surface area is 160 Å². The third kappa shape index (κ3) is 4.55.